The number of aliphatic hydroxyl groups excluding tert-OH is 1. The van der Waals surface area contributed by atoms with Crippen LogP contribution in [0.25, 0.3) is 0 Å². The van der Waals surface area contributed by atoms with E-state index in [2.05, 4.69) is 41.5 Å². The van der Waals surface area contributed by atoms with E-state index in [0.717, 1.165) is 102 Å². The summed E-state index contributed by atoms with van der Waals surface area (Å²) in [5.74, 6) is -0.577. The highest BCUT2D eigenvalue weighted by atomic mass is 31.2. The van der Waals surface area contributed by atoms with E-state index in [4.69, 9.17) is 37.0 Å². The first-order valence-electron chi connectivity index (χ1n) is 47.0. The molecule has 3 N–H and O–H groups in total. The van der Waals surface area contributed by atoms with Crippen molar-refractivity contribution < 1.29 is 80.2 Å². The molecule has 0 saturated carbocycles. The van der Waals surface area contributed by atoms with Crippen LogP contribution in [0.3, 0.4) is 0 Å². The fourth-order valence-electron chi connectivity index (χ4n) is 14.3. The molecule has 0 radical (unpaired) electrons. The number of phosphoric ester groups is 2. The van der Waals surface area contributed by atoms with E-state index >= 15 is 0 Å². The molecule has 19 heteroatoms. The van der Waals surface area contributed by atoms with E-state index in [-0.39, 0.29) is 25.7 Å². The number of carbonyl (C=O) groups is 4. The summed E-state index contributed by atoms with van der Waals surface area (Å²) < 4.78 is 69.1. The molecule has 0 aromatic heterocycles. The topological polar surface area (TPSA) is 237 Å². The third-order valence-corrected chi connectivity index (χ3v) is 23.4. The molecular formula is C91H178O17P2. The van der Waals surface area contributed by atoms with E-state index in [1.807, 2.05) is 0 Å². The zero-order valence-corrected chi connectivity index (χ0v) is 74.4. The molecule has 0 heterocycles. The summed E-state index contributed by atoms with van der Waals surface area (Å²) in [7, 11) is -9.94. The van der Waals surface area contributed by atoms with Crippen LogP contribution < -0.4 is 0 Å². The first kappa shape index (κ1) is 108. The van der Waals surface area contributed by atoms with Gasteiger partial charge in [0.25, 0.3) is 0 Å². The summed E-state index contributed by atoms with van der Waals surface area (Å²) in [6.45, 7) is 9.68. The number of phosphoric acid groups is 2. The van der Waals surface area contributed by atoms with Gasteiger partial charge in [-0.15, -0.1) is 0 Å². The second kappa shape index (κ2) is 82.2. The largest absolute Gasteiger partial charge is 0.472 e. The molecule has 110 heavy (non-hydrogen) atoms. The number of rotatable bonds is 90. The summed E-state index contributed by atoms with van der Waals surface area (Å²) in [4.78, 5) is 73.4. The van der Waals surface area contributed by atoms with Gasteiger partial charge in [0.05, 0.1) is 26.4 Å². The minimum atomic E-state index is -4.97. The SMILES string of the molecule is CCCCCCCCCCCCCCCCCCCCCCCC(=O)OC[C@H](COP(=O)(O)OC[C@@H](O)COP(=O)(O)OC[C@@H](COC(=O)CCCCCCCCCCC(C)C)OC(=O)CCCCCCCCCCCCCCCCC(C)C)OC(=O)CCCCCCCCCCCCCCCCCCCCCCC. The Labute approximate surface area is 677 Å². The van der Waals surface area contributed by atoms with Crippen molar-refractivity contribution in [2.75, 3.05) is 39.6 Å². The van der Waals surface area contributed by atoms with Crippen LogP contribution >= 0.6 is 15.6 Å². The zero-order chi connectivity index (χ0) is 80.6. The summed E-state index contributed by atoms with van der Waals surface area (Å²) in [5, 5.41) is 10.7. The van der Waals surface area contributed by atoms with E-state index < -0.39 is 97.5 Å². The average molecular weight is 1610 g/mol. The van der Waals surface area contributed by atoms with E-state index in [1.165, 1.54) is 308 Å². The Morgan fingerprint density at radius 2 is 0.418 bits per heavy atom. The molecule has 0 amide bonds. The molecule has 0 aromatic rings. The van der Waals surface area contributed by atoms with Gasteiger partial charge in [-0.05, 0) is 37.5 Å². The van der Waals surface area contributed by atoms with Crippen LogP contribution in [0.15, 0.2) is 0 Å². The molecule has 0 bridgehead atoms. The third kappa shape index (κ3) is 84.0. The second-order valence-electron chi connectivity index (χ2n) is 33.6. The van der Waals surface area contributed by atoms with Crippen molar-refractivity contribution in [1.29, 1.82) is 0 Å². The molecule has 654 valence electrons. The summed E-state index contributed by atoms with van der Waals surface area (Å²) in [6, 6.07) is 0. The number of ether oxygens (including phenoxy) is 4. The van der Waals surface area contributed by atoms with Crippen molar-refractivity contribution in [1.82, 2.24) is 0 Å². The maximum atomic E-state index is 13.2. The number of hydrogen-bond acceptors (Lipinski definition) is 15. The van der Waals surface area contributed by atoms with E-state index in [9.17, 15) is 43.2 Å². The van der Waals surface area contributed by atoms with Gasteiger partial charge in [0.15, 0.2) is 12.2 Å². The highest BCUT2D eigenvalue weighted by Gasteiger charge is 2.31. The van der Waals surface area contributed by atoms with Crippen molar-refractivity contribution in [2.45, 2.75) is 509 Å². The third-order valence-electron chi connectivity index (χ3n) is 21.5. The molecule has 0 spiro atoms. The van der Waals surface area contributed by atoms with Gasteiger partial charge in [0.1, 0.15) is 19.3 Å². The molecule has 0 fully saturated rings. The van der Waals surface area contributed by atoms with Gasteiger partial charge in [-0.3, -0.25) is 37.3 Å². The molecule has 2 unspecified atom stereocenters. The molecule has 0 aliphatic heterocycles. The van der Waals surface area contributed by atoms with Crippen molar-refractivity contribution in [3.63, 3.8) is 0 Å². The van der Waals surface area contributed by atoms with Crippen LogP contribution in [-0.4, -0.2) is 96.7 Å². The second-order valence-corrected chi connectivity index (χ2v) is 36.6. The lowest BCUT2D eigenvalue weighted by Gasteiger charge is -2.21. The van der Waals surface area contributed by atoms with E-state index in [0.29, 0.717) is 25.7 Å². The monoisotopic (exact) mass is 1610 g/mol. The molecular weight excluding hydrogens is 1430 g/mol. The minimum Gasteiger partial charge on any atom is -0.462 e. The van der Waals surface area contributed by atoms with Crippen LogP contribution in [0.1, 0.15) is 491 Å². The normalized spacial score (nSPS) is 13.7. The van der Waals surface area contributed by atoms with Crippen LogP contribution in [0.2, 0.25) is 0 Å². The molecule has 0 aliphatic carbocycles. The Hall–Kier alpha value is -1.94. The first-order chi connectivity index (χ1) is 53.4. The van der Waals surface area contributed by atoms with Gasteiger partial charge < -0.3 is 33.8 Å². The fraction of sp³-hybridized carbons (Fsp3) is 0.956. The highest BCUT2D eigenvalue weighted by molar-refractivity contribution is 7.47. The van der Waals surface area contributed by atoms with Crippen molar-refractivity contribution >= 4 is 39.5 Å². The number of carbonyl (C=O) groups excluding carboxylic acids is 4. The molecule has 0 aliphatic rings. The maximum Gasteiger partial charge on any atom is 0.472 e. The average Bonchev–Trinajstić information content (AvgIpc) is 0.897. The van der Waals surface area contributed by atoms with Gasteiger partial charge >= 0.3 is 39.5 Å². The van der Waals surface area contributed by atoms with Crippen LogP contribution in [0.4, 0.5) is 0 Å². The van der Waals surface area contributed by atoms with Crippen LogP contribution in [0, 0.1) is 11.8 Å². The summed E-state index contributed by atoms with van der Waals surface area (Å²) in [6.07, 6.45) is 76.6. The Kier molecular flexibility index (Phi) is 80.7. The highest BCUT2D eigenvalue weighted by Crippen LogP contribution is 2.45. The lowest BCUT2D eigenvalue weighted by atomic mass is 10.0. The fourth-order valence-corrected chi connectivity index (χ4v) is 15.9. The van der Waals surface area contributed by atoms with Gasteiger partial charge in [-0.25, -0.2) is 9.13 Å². The standard InChI is InChI=1S/C91H178O17P2/c1-7-9-11-13-15-17-19-21-23-25-27-29-31-33-35-40-44-48-55-61-67-73-88(93)101-79-86(107-90(95)75-69-63-57-49-45-41-36-34-32-30-28-26-24-22-20-18-16-14-12-10-8-2)81-105-109(97,98)103-77-85(92)78-104-110(99,100)106-82-87(80-102-89(94)74-68-62-56-52-51-54-60-66-72-84(5)6)108-91(96)76-70-64-58-50-46-42-38-37-39-43-47-53-59-65-71-83(3)4/h83-87,92H,7-82H2,1-6H3,(H,97,98)(H,99,100)/t85-,86-,87-/m1/s1. The minimum absolute atomic E-state index is 0.107. The van der Waals surface area contributed by atoms with Gasteiger partial charge in [0, 0.05) is 25.7 Å². The number of hydrogen-bond donors (Lipinski definition) is 3. The number of aliphatic hydroxyl groups is 1. The smallest absolute Gasteiger partial charge is 0.462 e. The predicted octanol–water partition coefficient (Wildman–Crippen LogP) is 28.2. The lowest BCUT2D eigenvalue weighted by molar-refractivity contribution is -0.161. The molecule has 0 rings (SSSR count). The van der Waals surface area contributed by atoms with Gasteiger partial charge in [-0.1, -0.05) is 440 Å². The Morgan fingerprint density at radius 1 is 0.245 bits per heavy atom. The number of esters is 4. The quantitative estimate of drug-likeness (QED) is 0.0222. The van der Waals surface area contributed by atoms with Gasteiger partial charge in [-0.2, -0.15) is 0 Å². The Bertz CT molecular complexity index is 2100. The van der Waals surface area contributed by atoms with Crippen molar-refractivity contribution in [3.8, 4) is 0 Å². The summed E-state index contributed by atoms with van der Waals surface area (Å²) in [5.41, 5.74) is 0. The van der Waals surface area contributed by atoms with Crippen LogP contribution in [0.5, 0.6) is 0 Å². The zero-order valence-electron chi connectivity index (χ0n) is 72.6. The molecule has 0 saturated heterocycles. The van der Waals surface area contributed by atoms with Crippen molar-refractivity contribution in [3.05, 3.63) is 0 Å². The number of unbranched alkanes of at least 4 members (excludes halogenated alkanes) is 60. The lowest BCUT2D eigenvalue weighted by Crippen LogP contribution is -2.30. The van der Waals surface area contributed by atoms with Crippen LogP contribution in [-0.2, 0) is 65.4 Å². The molecule has 5 atom stereocenters. The van der Waals surface area contributed by atoms with Gasteiger partial charge in [0.2, 0.25) is 0 Å². The Morgan fingerprint density at radius 3 is 0.618 bits per heavy atom. The first-order valence-corrected chi connectivity index (χ1v) is 50.0. The van der Waals surface area contributed by atoms with Crippen molar-refractivity contribution in [2.24, 2.45) is 11.8 Å². The summed E-state index contributed by atoms with van der Waals surface area (Å²) >= 11 is 0. The predicted molar refractivity (Wildman–Crippen MR) is 455 cm³/mol. The maximum absolute atomic E-state index is 13.2. The molecule has 0 aromatic carbocycles. The Balaban J connectivity index is 5.23. The van der Waals surface area contributed by atoms with E-state index in [1.54, 1.807) is 0 Å². The molecule has 17 nitrogen and oxygen atoms in total.